The van der Waals surface area contributed by atoms with Gasteiger partial charge in [-0.3, -0.25) is 19.3 Å². The van der Waals surface area contributed by atoms with Crippen LogP contribution in [0.15, 0.2) is 24.3 Å². The topological polar surface area (TPSA) is 96.0 Å². The Labute approximate surface area is 144 Å². The van der Waals surface area contributed by atoms with Gasteiger partial charge >= 0.3 is 6.09 Å². The SMILES string of the molecule is CN1CC(CNC(=O)CCCN2C(=O)c3ccccc3C2=O)OC1=O. The third-order valence-electron chi connectivity index (χ3n) is 4.25. The molecule has 0 bridgehead atoms. The predicted octanol–water partition coefficient (Wildman–Crippen LogP) is 0.630. The van der Waals surface area contributed by atoms with Crippen molar-refractivity contribution < 1.29 is 23.9 Å². The molecule has 0 aliphatic carbocycles. The van der Waals surface area contributed by atoms with Gasteiger partial charge in [-0.05, 0) is 18.6 Å². The second kappa shape index (κ2) is 6.92. The summed E-state index contributed by atoms with van der Waals surface area (Å²) in [5.41, 5.74) is 0.813. The van der Waals surface area contributed by atoms with Gasteiger partial charge in [-0.1, -0.05) is 12.1 Å². The van der Waals surface area contributed by atoms with E-state index in [1.165, 1.54) is 9.80 Å². The molecule has 0 saturated carbocycles. The Balaban J connectivity index is 1.41. The fourth-order valence-corrected chi connectivity index (χ4v) is 2.91. The third-order valence-corrected chi connectivity index (χ3v) is 4.25. The zero-order chi connectivity index (χ0) is 18.0. The number of hydrogen-bond acceptors (Lipinski definition) is 5. The maximum atomic E-state index is 12.2. The lowest BCUT2D eigenvalue weighted by molar-refractivity contribution is -0.121. The molecule has 2 aliphatic rings. The molecule has 1 atom stereocenters. The molecule has 25 heavy (non-hydrogen) atoms. The third kappa shape index (κ3) is 3.47. The molecule has 1 fully saturated rings. The number of cyclic esters (lactones) is 1. The zero-order valence-electron chi connectivity index (χ0n) is 13.9. The molecule has 1 saturated heterocycles. The molecule has 4 amide bonds. The molecule has 8 heteroatoms. The van der Waals surface area contributed by atoms with Crippen molar-refractivity contribution in [3.63, 3.8) is 0 Å². The van der Waals surface area contributed by atoms with E-state index < -0.39 is 6.09 Å². The zero-order valence-corrected chi connectivity index (χ0v) is 13.9. The van der Waals surface area contributed by atoms with Crippen LogP contribution in [0.3, 0.4) is 0 Å². The van der Waals surface area contributed by atoms with Crippen LogP contribution in [-0.2, 0) is 9.53 Å². The molecule has 1 unspecified atom stereocenters. The predicted molar refractivity (Wildman–Crippen MR) is 87.0 cm³/mol. The Morgan fingerprint density at radius 2 is 1.84 bits per heavy atom. The lowest BCUT2D eigenvalue weighted by Gasteiger charge is -2.14. The van der Waals surface area contributed by atoms with Gasteiger partial charge in [0.15, 0.2) is 0 Å². The summed E-state index contributed by atoms with van der Waals surface area (Å²) in [6.45, 7) is 0.886. The fraction of sp³-hybridized carbons (Fsp3) is 0.412. The molecule has 1 N–H and O–H groups in total. The van der Waals surface area contributed by atoms with Crippen molar-refractivity contribution in [3.05, 3.63) is 35.4 Å². The van der Waals surface area contributed by atoms with Crippen molar-refractivity contribution in [3.8, 4) is 0 Å². The highest BCUT2D eigenvalue weighted by atomic mass is 16.6. The second-order valence-corrected chi connectivity index (χ2v) is 6.10. The molecule has 1 aromatic carbocycles. The standard InChI is InChI=1S/C17H19N3O5/c1-19-10-11(25-17(19)24)9-18-14(21)7-4-8-20-15(22)12-5-2-3-6-13(12)16(20)23/h2-3,5-6,11H,4,7-10H2,1H3,(H,18,21). The molecule has 0 aromatic heterocycles. The van der Waals surface area contributed by atoms with Crippen LogP contribution in [0.25, 0.3) is 0 Å². The van der Waals surface area contributed by atoms with Gasteiger partial charge in [0.1, 0.15) is 6.10 Å². The largest absolute Gasteiger partial charge is 0.442 e. The van der Waals surface area contributed by atoms with E-state index in [2.05, 4.69) is 5.32 Å². The van der Waals surface area contributed by atoms with Crippen LogP contribution in [0.2, 0.25) is 0 Å². The van der Waals surface area contributed by atoms with Gasteiger partial charge in [-0.25, -0.2) is 4.79 Å². The highest BCUT2D eigenvalue weighted by molar-refractivity contribution is 6.21. The summed E-state index contributed by atoms with van der Waals surface area (Å²) in [6, 6.07) is 6.69. The van der Waals surface area contributed by atoms with Crippen molar-refractivity contribution in [1.29, 1.82) is 0 Å². The summed E-state index contributed by atoms with van der Waals surface area (Å²) < 4.78 is 5.05. The van der Waals surface area contributed by atoms with Gasteiger partial charge in [0.05, 0.1) is 24.2 Å². The molecule has 8 nitrogen and oxygen atoms in total. The first-order valence-corrected chi connectivity index (χ1v) is 8.11. The number of fused-ring (bicyclic) bond motifs is 1. The molecule has 3 rings (SSSR count). The summed E-state index contributed by atoms with van der Waals surface area (Å²) in [5.74, 6) is -0.842. The van der Waals surface area contributed by atoms with E-state index in [0.717, 1.165) is 0 Å². The number of carbonyl (C=O) groups is 4. The van der Waals surface area contributed by atoms with E-state index >= 15 is 0 Å². The van der Waals surface area contributed by atoms with E-state index in [9.17, 15) is 19.2 Å². The first-order chi connectivity index (χ1) is 12.0. The lowest BCUT2D eigenvalue weighted by atomic mass is 10.1. The van der Waals surface area contributed by atoms with Gasteiger partial charge in [0, 0.05) is 20.0 Å². The first kappa shape index (κ1) is 16.9. The van der Waals surface area contributed by atoms with Crippen LogP contribution < -0.4 is 5.32 Å². The Bertz CT molecular complexity index is 698. The number of ether oxygens (including phenoxy) is 1. The second-order valence-electron chi connectivity index (χ2n) is 6.10. The Morgan fingerprint density at radius 1 is 1.20 bits per heavy atom. The molecule has 2 aliphatic heterocycles. The summed E-state index contributed by atoms with van der Waals surface area (Å²) >= 11 is 0. The van der Waals surface area contributed by atoms with Crippen LogP contribution in [-0.4, -0.2) is 66.4 Å². The lowest BCUT2D eigenvalue weighted by Crippen LogP contribution is -2.35. The normalized spacial score (nSPS) is 19.2. The minimum absolute atomic E-state index is 0.184. The van der Waals surface area contributed by atoms with Crippen LogP contribution in [0.5, 0.6) is 0 Å². The number of benzene rings is 1. The number of carbonyl (C=O) groups excluding carboxylic acids is 4. The number of nitrogens with one attached hydrogen (secondary N) is 1. The number of rotatable bonds is 6. The van der Waals surface area contributed by atoms with Crippen LogP contribution in [0.4, 0.5) is 4.79 Å². The van der Waals surface area contributed by atoms with Gasteiger partial charge in [-0.15, -0.1) is 0 Å². The van der Waals surface area contributed by atoms with Crippen molar-refractivity contribution in [2.75, 3.05) is 26.7 Å². The maximum absolute atomic E-state index is 12.2. The molecule has 1 aromatic rings. The van der Waals surface area contributed by atoms with E-state index in [1.54, 1.807) is 31.3 Å². The number of amides is 4. The molecular formula is C17H19N3O5. The Hall–Kier alpha value is -2.90. The monoisotopic (exact) mass is 345 g/mol. The first-order valence-electron chi connectivity index (χ1n) is 8.11. The average molecular weight is 345 g/mol. The van der Waals surface area contributed by atoms with Gasteiger partial charge in [0.25, 0.3) is 11.8 Å². The summed E-state index contributed by atoms with van der Waals surface area (Å²) in [4.78, 5) is 50.1. The number of hydrogen-bond donors (Lipinski definition) is 1. The van der Waals surface area contributed by atoms with Crippen LogP contribution >= 0.6 is 0 Å². The quantitative estimate of drug-likeness (QED) is 0.763. The number of nitrogens with zero attached hydrogens (tertiary/aromatic N) is 2. The molecule has 0 spiro atoms. The minimum Gasteiger partial charge on any atom is -0.442 e. The van der Waals surface area contributed by atoms with Gasteiger partial charge < -0.3 is 15.0 Å². The number of likely N-dealkylation sites (N-methyl/N-ethyl adjacent to an activating group) is 1. The molecule has 132 valence electrons. The van der Waals surface area contributed by atoms with Crippen molar-refractivity contribution in [2.24, 2.45) is 0 Å². The van der Waals surface area contributed by atoms with Crippen LogP contribution in [0, 0.1) is 0 Å². The molecular weight excluding hydrogens is 326 g/mol. The van der Waals surface area contributed by atoms with Gasteiger partial charge in [0.2, 0.25) is 5.91 Å². The van der Waals surface area contributed by atoms with Crippen molar-refractivity contribution in [1.82, 2.24) is 15.1 Å². The smallest absolute Gasteiger partial charge is 0.410 e. The summed E-state index contributed by atoms with van der Waals surface area (Å²) in [5, 5.41) is 2.70. The van der Waals surface area contributed by atoms with E-state index in [1.807, 2.05) is 0 Å². The molecule has 0 radical (unpaired) electrons. The van der Waals surface area contributed by atoms with Crippen molar-refractivity contribution >= 4 is 23.8 Å². The minimum atomic E-state index is -0.398. The number of imide groups is 1. The van der Waals surface area contributed by atoms with Crippen molar-refractivity contribution in [2.45, 2.75) is 18.9 Å². The van der Waals surface area contributed by atoms with Gasteiger partial charge in [-0.2, -0.15) is 0 Å². The fourth-order valence-electron chi connectivity index (χ4n) is 2.91. The van der Waals surface area contributed by atoms with Crippen LogP contribution in [0.1, 0.15) is 33.6 Å². The van der Waals surface area contributed by atoms with E-state index in [-0.39, 0.29) is 43.3 Å². The summed E-state index contributed by atoms with van der Waals surface area (Å²) in [7, 11) is 1.63. The Kier molecular flexibility index (Phi) is 4.69. The Morgan fingerprint density at radius 3 is 2.40 bits per heavy atom. The van der Waals surface area contributed by atoms with E-state index in [0.29, 0.717) is 24.1 Å². The summed E-state index contributed by atoms with van der Waals surface area (Å²) in [6.07, 6.45) is -0.187. The highest BCUT2D eigenvalue weighted by Crippen LogP contribution is 2.22. The average Bonchev–Trinajstić information content (AvgIpc) is 3.05. The van der Waals surface area contributed by atoms with E-state index in [4.69, 9.17) is 4.74 Å². The highest BCUT2D eigenvalue weighted by Gasteiger charge is 2.34. The maximum Gasteiger partial charge on any atom is 0.410 e. The molecule has 2 heterocycles.